The Labute approximate surface area is 170 Å². The molecule has 1 aliphatic heterocycles. The number of halogens is 1. The molecule has 1 unspecified atom stereocenters. The third-order valence-corrected chi connectivity index (χ3v) is 5.81. The Morgan fingerprint density at radius 1 is 1.03 bits per heavy atom. The molecule has 0 saturated carbocycles. The van der Waals surface area contributed by atoms with Crippen molar-refractivity contribution in [2.45, 2.75) is 31.3 Å². The molecule has 1 saturated heterocycles. The summed E-state index contributed by atoms with van der Waals surface area (Å²) >= 11 is 0. The first-order valence-corrected chi connectivity index (χ1v) is 9.86. The first-order chi connectivity index (χ1) is 14.1. The number of carbonyl (C=O) groups excluding carboxylic acids is 1. The van der Waals surface area contributed by atoms with Crippen LogP contribution in [0.3, 0.4) is 0 Å². The van der Waals surface area contributed by atoms with E-state index in [1.54, 1.807) is 18.5 Å². The van der Waals surface area contributed by atoms with Crippen LogP contribution >= 0.6 is 0 Å². The first kappa shape index (κ1) is 19.3. The van der Waals surface area contributed by atoms with Crippen LogP contribution in [0.2, 0.25) is 0 Å². The van der Waals surface area contributed by atoms with Crippen LogP contribution in [0.1, 0.15) is 24.0 Å². The normalized spacial score (nSPS) is 19.3. The number of aromatic nitrogens is 1. The summed E-state index contributed by atoms with van der Waals surface area (Å²) in [4.78, 5) is 18.7. The number of hydrogen-bond acceptors (Lipinski definition) is 3. The van der Waals surface area contributed by atoms with Gasteiger partial charge in [-0.25, -0.2) is 4.39 Å². The van der Waals surface area contributed by atoms with E-state index in [1.807, 2.05) is 18.2 Å². The lowest BCUT2D eigenvalue weighted by atomic mass is 9.86. The molecular formula is C24H24FN3O. The molecule has 29 heavy (non-hydrogen) atoms. The standard InChI is InChI=1S/C24H24FN3O/c25-22-4-1-3-19(15-22)17-28-14-2-11-24(28,23(26)29)16-18-5-7-20(8-6-18)21-9-12-27-13-10-21/h1,3-10,12-13,15H,2,11,14,16-17H2,(H2,26,29). The van der Waals surface area contributed by atoms with Crippen molar-refractivity contribution in [1.82, 2.24) is 9.88 Å². The second-order valence-corrected chi connectivity index (χ2v) is 7.66. The van der Waals surface area contributed by atoms with Gasteiger partial charge in [0.15, 0.2) is 0 Å². The summed E-state index contributed by atoms with van der Waals surface area (Å²) in [5.41, 5.74) is 9.29. The predicted octanol–water partition coefficient (Wildman–Crippen LogP) is 3.95. The zero-order valence-corrected chi connectivity index (χ0v) is 16.2. The van der Waals surface area contributed by atoms with Crippen LogP contribution < -0.4 is 5.73 Å². The Morgan fingerprint density at radius 2 is 1.76 bits per heavy atom. The van der Waals surface area contributed by atoms with Gasteiger partial charge in [-0.3, -0.25) is 14.7 Å². The molecule has 0 radical (unpaired) electrons. The summed E-state index contributed by atoms with van der Waals surface area (Å²) in [6, 6.07) is 18.7. The molecule has 3 aromatic rings. The van der Waals surface area contributed by atoms with Crippen LogP contribution in [0.4, 0.5) is 4.39 Å². The highest BCUT2D eigenvalue weighted by Gasteiger charge is 2.45. The van der Waals surface area contributed by atoms with Gasteiger partial charge in [-0.1, -0.05) is 36.4 Å². The Kier molecular flexibility index (Phi) is 5.41. The summed E-state index contributed by atoms with van der Waals surface area (Å²) in [7, 11) is 0. The highest BCUT2D eigenvalue weighted by molar-refractivity contribution is 5.85. The van der Waals surface area contributed by atoms with Gasteiger partial charge in [0.05, 0.1) is 0 Å². The maximum Gasteiger partial charge on any atom is 0.238 e. The molecule has 1 fully saturated rings. The van der Waals surface area contributed by atoms with Crippen LogP contribution in [0.25, 0.3) is 11.1 Å². The van der Waals surface area contributed by atoms with E-state index in [9.17, 15) is 9.18 Å². The molecule has 2 heterocycles. The van der Waals surface area contributed by atoms with Crippen molar-refractivity contribution in [1.29, 1.82) is 0 Å². The maximum absolute atomic E-state index is 13.6. The quantitative estimate of drug-likeness (QED) is 0.694. The van der Waals surface area contributed by atoms with Crippen LogP contribution in [-0.4, -0.2) is 27.9 Å². The number of primary amides is 1. The van der Waals surface area contributed by atoms with E-state index in [1.165, 1.54) is 12.1 Å². The fourth-order valence-corrected chi connectivity index (χ4v) is 4.28. The molecule has 0 aliphatic carbocycles. The minimum atomic E-state index is -0.746. The number of pyridine rings is 1. The van der Waals surface area contributed by atoms with Crippen LogP contribution in [0.15, 0.2) is 73.1 Å². The van der Waals surface area contributed by atoms with E-state index >= 15 is 0 Å². The van der Waals surface area contributed by atoms with E-state index in [-0.39, 0.29) is 11.7 Å². The third kappa shape index (κ3) is 4.05. The lowest BCUT2D eigenvalue weighted by molar-refractivity contribution is -0.128. The Balaban J connectivity index is 1.57. The zero-order valence-electron chi connectivity index (χ0n) is 16.2. The van der Waals surface area contributed by atoms with Crippen LogP contribution in [0, 0.1) is 5.82 Å². The molecule has 2 aromatic carbocycles. The number of benzene rings is 2. The number of nitrogens with two attached hydrogens (primary N) is 1. The third-order valence-electron chi connectivity index (χ3n) is 5.81. The molecule has 5 heteroatoms. The number of amides is 1. The molecule has 0 bridgehead atoms. The highest BCUT2D eigenvalue weighted by atomic mass is 19.1. The molecule has 4 nitrogen and oxygen atoms in total. The maximum atomic E-state index is 13.6. The molecule has 2 N–H and O–H groups in total. The molecular weight excluding hydrogens is 365 g/mol. The van der Waals surface area contributed by atoms with E-state index in [4.69, 9.17) is 5.73 Å². The minimum absolute atomic E-state index is 0.266. The zero-order chi connectivity index (χ0) is 20.3. The van der Waals surface area contributed by atoms with E-state index in [2.05, 4.69) is 34.1 Å². The van der Waals surface area contributed by atoms with Gasteiger partial charge in [-0.2, -0.15) is 0 Å². The average Bonchev–Trinajstić information content (AvgIpc) is 3.13. The molecule has 1 aliphatic rings. The highest BCUT2D eigenvalue weighted by Crippen LogP contribution is 2.34. The largest absolute Gasteiger partial charge is 0.368 e. The topological polar surface area (TPSA) is 59.2 Å². The van der Waals surface area contributed by atoms with Gasteiger partial charge in [0.1, 0.15) is 11.4 Å². The Morgan fingerprint density at radius 3 is 2.45 bits per heavy atom. The molecule has 1 amide bonds. The lowest BCUT2D eigenvalue weighted by Crippen LogP contribution is -2.55. The fraction of sp³-hybridized carbons (Fsp3) is 0.250. The van der Waals surface area contributed by atoms with Crippen LogP contribution in [0.5, 0.6) is 0 Å². The Bertz CT molecular complexity index is 991. The number of nitrogens with zero attached hydrogens (tertiary/aromatic N) is 2. The van der Waals surface area contributed by atoms with Gasteiger partial charge in [0, 0.05) is 18.9 Å². The van der Waals surface area contributed by atoms with Gasteiger partial charge in [0.2, 0.25) is 5.91 Å². The van der Waals surface area contributed by atoms with Crippen molar-refractivity contribution in [2.24, 2.45) is 5.73 Å². The van der Waals surface area contributed by atoms with Crippen LogP contribution in [-0.2, 0) is 17.8 Å². The minimum Gasteiger partial charge on any atom is -0.368 e. The fourth-order valence-electron chi connectivity index (χ4n) is 4.28. The predicted molar refractivity (Wildman–Crippen MR) is 111 cm³/mol. The summed E-state index contributed by atoms with van der Waals surface area (Å²) in [6.07, 6.45) is 5.70. The summed E-state index contributed by atoms with van der Waals surface area (Å²) in [6.45, 7) is 1.28. The van der Waals surface area contributed by atoms with Crippen molar-refractivity contribution in [3.63, 3.8) is 0 Å². The molecule has 4 rings (SSSR count). The molecule has 1 aromatic heterocycles. The molecule has 1 atom stereocenters. The molecule has 0 spiro atoms. The summed E-state index contributed by atoms with van der Waals surface area (Å²) in [5.74, 6) is -0.581. The number of likely N-dealkylation sites (tertiary alicyclic amines) is 1. The summed E-state index contributed by atoms with van der Waals surface area (Å²) in [5, 5.41) is 0. The van der Waals surface area contributed by atoms with Gasteiger partial charge in [-0.15, -0.1) is 0 Å². The first-order valence-electron chi connectivity index (χ1n) is 9.86. The molecule has 148 valence electrons. The smallest absolute Gasteiger partial charge is 0.238 e. The van der Waals surface area contributed by atoms with E-state index in [0.29, 0.717) is 19.4 Å². The second-order valence-electron chi connectivity index (χ2n) is 7.66. The van der Waals surface area contributed by atoms with E-state index in [0.717, 1.165) is 35.2 Å². The Hall–Kier alpha value is -3.05. The van der Waals surface area contributed by atoms with Crippen molar-refractivity contribution < 1.29 is 9.18 Å². The van der Waals surface area contributed by atoms with Gasteiger partial charge >= 0.3 is 0 Å². The number of hydrogen-bond donors (Lipinski definition) is 1. The average molecular weight is 389 g/mol. The van der Waals surface area contributed by atoms with Gasteiger partial charge < -0.3 is 5.73 Å². The van der Waals surface area contributed by atoms with Crippen molar-refractivity contribution in [2.75, 3.05) is 6.54 Å². The van der Waals surface area contributed by atoms with Gasteiger partial charge in [0.25, 0.3) is 0 Å². The van der Waals surface area contributed by atoms with Crippen molar-refractivity contribution in [3.05, 3.63) is 90.0 Å². The SMILES string of the molecule is NC(=O)C1(Cc2ccc(-c3ccncc3)cc2)CCCN1Cc1cccc(F)c1. The monoisotopic (exact) mass is 389 g/mol. The lowest BCUT2D eigenvalue weighted by Gasteiger charge is -2.36. The number of carbonyl (C=O) groups is 1. The summed E-state index contributed by atoms with van der Waals surface area (Å²) < 4.78 is 13.6. The van der Waals surface area contributed by atoms with E-state index < -0.39 is 5.54 Å². The van der Waals surface area contributed by atoms with Crippen molar-refractivity contribution in [3.8, 4) is 11.1 Å². The second kappa shape index (κ2) is 8.13. The van der Waals surface area contributed by atoms with Gasteiger partial charge in [-0.05, 0) is 72.3 Å². The number of rotatable bonds is 6. The van der Waals surface area contributed by atoms with Crippen molar-refractivity contribution >= 4 is 5.91 Å².